The number of carbonyl (C=O) groups excluding carboxylic acids is 1. The summed E-state index contributed by atoms with van der Waals surface area (Å²) in [4.78, 5) is 15.3. The van der Waals surface area contributed by atoms with E-state index in [0.29, 0.717) is 29.5 Å². The highest BCUT2D eigenvalue weighted by atomic mass is 35.5. The predicted molar refractivity (Wildman–Crippen MR) is 98.2 cm³/mol. The smallest absolute Gasteiger partial charge is 0.256 e. The number of hydrogen-bond acceptors (Lipinski definition) is 4. The van der Waals surface area contributed by atoms with Gasteiger partial charge in [-0.3, -0.25) is 14.4 Å². The van der Waals surface area contributed by atoms with E-state index in [1.807, 2.05) is 13.8 Å². The Morgan fingerprint density at radius 2 is 1.96 bits per heavy atom. The van der Waals surface area contributed by atoms with E-state index in [1.54, 1.807) is 4.68 Å². The fourth-order valence-corrected chi connectivity index (χ4v) is 4.59. The molecule has 0 bridgehead atoms. The molecule has 1 saturated heterocycles. The Morgan fingerprint density at radius 3 is 2.56 bits per heavy atom. The highest BCUT2D eigenvalue weighted by molar-refractivity contribution is 6.33. The Balaban J connectivity index is 1.72. The summed E-state index contributed by atoms with van der Waals surface area (Å²) in [6.45, 7) is 8.59. The lowest BCUT2D eigenvalue weighted by molar-refractivity contribution is -0.0361. The third-order valence-corrected chi connectivity index (χ3v) is 6.02. The van der Waals surface area contributed by atoms with Gasteiger partial charge in [-0.2, -0.15) is 5.10 Å². The quantitative estimate of drug-likeness (QED) is 0.867. The first-order valence-electron chi connectivity index (χ1n) is 9.41. The molecule has 0 aromatic carbocycles. The summed E-state index contributed by atoms with van der Waals surface area (Å²) in [7, 11) is 0. The fourth-order valence-electron chi connectivity index (χ4n) is 4.21. The van der Waals surface area contributed by atoms with Crippen LogP contribution in [0.5, 0.6) is 0 Å². The molecule has 1 saturated carbocycles. The van der Waals surface area contributed by atoms with E-state index in [0.717, 1.165) is 39.1 Å². The van der Waals surface area contributed by atoms with Gasteiger partial charge in [-0.05, 0) is 26.7 Å². The van der Waals surface area contributed by atoms with Crippen molar-refractivity contribution >= 4 is 17.5 Å². The number of rotatable bonds is 5. The minimum Gasteiger partial charge on any atom is -0.379 e. The molecular weight excluding hydrogens is 340 g/mol. The molecule has 2 aliphatic rings. The van der Waals surface area contributed by atoms with Crippen LogP contribution in [0.4, 0.5) is 0 Å². The van der Waals surface area contributed by atoms with E-state index >= 15 is 0 Å². The van der Waals surface area contributed by atoms with Gasteiger partial charge >= 0.3 is 0 Å². The van der Waals surface area contributed by atoms with E-state index in [-0.39, 0.29) is 11.4 Å². The third-order valence-electron chi connectivity index (χ3n) is 5.64. The SMILES string of the molecule is CCn1nc(C)c(C(=O)NCC2(N3CCOCC3)CCCCC2)c1Cl. The largest absolute Gasteiger partial charge is 0.379 e. The second-order valence-electron chi connectivity index (χ2n) is 7.13. The number of aryl methyl sites for hydroxylation is 2. The topological polar surface area (TPSA) is 59.4 Å². The number of nitrogens with zero attached hydrogens (tertiary/aromatic N) is 3. The molecule has 1 aliphatic carbocycles. The molecule has 1 aromatic heterocycles. The summed E-state index contributed by atoms with van der Waals surface area (Å²) < 4.78 is 7.19. The zero-order valence-electron chi connectivity index (χ0n) is 15.3. The Morgan fingerprint density at radius 1 is 1.28 bits per heavy atom. The summed E-state index contributed by atoms with van der Waals surface area (Å²) in [5, 5.41) is 7.95. The third kappa shape index (κ3) is 3.86. The van der Waals surface area contributed by atoms with Gasteiger partial charge in [0.2, 0.25) is 0 Å². The molecule has 25 heavy (non-hydrogen) atoms. The van der Waals surface area contributed by atoms with Gasteiger partial charge in [-0.25, -0.2) is 0 Å². The summed E-state index contributed by atoms with van der Waals surface area (Å²) in [6.07, 6.45) is 6.00. The Kier molecular flexibility index (Phi) is 6.02. The standard InChI is InChI=1S/C18H29ClN4O2/c1-3-23-16(19)15(14(2)21-23)17(24)20-13-18(7-5-4-6-8-18)22-9-11-25-12-10-22/h3-13H2,1-2H3,(H,20,24). The van der Waals surface area contributed by atoms with Gasteiger partial charge in [0.15, 0.2) is 0 Å². The number of nitrogens with one attached hydrogen (secondary N) is 1. The van der Waals surface area contributed by atoms with Crippen LogP contribution in [0.25, 0.3) is 0 Å². The summed E-state index contributed by atoms with van der Waals surface area (Å²) in [5.41, 5.74) is 1.25. The molecule has 0 radical (unpaired) electrons. The van der Waals surface area contributed by atoms with E-state index < -0.39 is 0 Å². The van der Waals surface area contributed by atoms with Crippen molar-refractivity contribution in [2.24, 2.45) is 0 Å². The molecule has 0 unspecified atom stereocenters. The van der Waals surface area contributed by atoms with Gasteiger partial charge in [-0.1, -0.05) is 30.9 Å². The van der Waals surface area contributed by atoms with Crippen molar-refractivity contribution in [2.75, 3.05) is 32.8 Å². The lowest BCUT2D eigenvalue weighted by atomic mass is 9.79. The number of ether oxygens (including phenoxy) is 1. The molecule has 1 N–H and O–H groups in total. The maximum Gasteiger partial charge on any atom is 0.256 e. The predicted octanol–water partition coefficient (Wildman–Crippen LogP) is 2.63. The second kappa shape index (κ2) is 8.06. The van der Waals surface area contributed by atoms with Gasteiger partial charge in [0.05, 0.1) is 24.5 Å². The van der Waals surface area contributed by atoms with Crippen molar-refractivity contribution in [1.29, 1.82) is 0 Å². The number of halogens is 1. The van der Waals surface area contributed by atoms with E-state index in [9.17, 15) is 4.79 Å². The molecule has 3 rings (SSSR count). The Labute approximate surface area is 154 Å². The van der Waals surface area contributed by atoms with Crippen molar-refractivity contribution in [2.45, 2.75) is 58.0 Å². The van der Waals surface area contributed by atoms with E-state index in [4.69, 9.17) is 16.3 Å². The minimum absolute atomic E-state index is 0.0544. The first kappa shape index (κ1) is 18.7. The Bertz CT molecular complexity index is 604. The lowest BCUT2D eigenvalue weighted by Crippen LogP contribution is -2.59. The molecule has 0 spiro atoms. The number of amides is 1. The molecule has 1 aliphatic heterocycles. The molecule has 6 nitrogen and oxygen atoms in total. The van der Waals surface area contributed by atoms with Crippen LogP contribution in [0.1, 0.15) is 55.1 Å². The monoisotopic (exact) mass is 368 g/mol. The second-order valence-corrected chi connectivity index (χ2v) is 7.49. The van der Waals surface area contributed by atoms with Crippen molar-refractivity contribution in [3.63, 3.8) is 0 Å². The summed E-state index contributed by atoms with van der Waals surface area (Å²) >= 11 is 6.34. The first-order chi connectivity index (χ1) is 12.1. The van der Waals surface area contributed by atoms with Crippen LogP contribution >= 0.6 is 11.6 Å². The maximum absolute atomic E-state index is 12.8. The van der Waals surface area contributed by atoms with Crippen molar-refractivity contribution < 1.29 is 9.53 Å². The lowest BCUT2D eigenvalue weighted by Gasteiger charge is -2.48. The maximum atomic E-state index is 12.8. The molecule has 2 fully saturated rings. The molecule has 140 valence electrons. The zero-order chi connectivity index (χ0) is 17.9. The van der Waals surface area contributed by atoms with Crippen LogP contribution in [0.3, 0.4) is 0 Å². The molecular formula is C18H29ClN4O2. The number of carbonyl (C=O) groups is 1. The van der Waals surface area contributed by atoms with Crippen LogP contribution in [0, 0.1) is 6.92 Å². The van der Waals surface area contributed by atoms with Crippen molar-refractivity contribution in [3.8, 4) is 0 Å². The highest BCUT2D eigenvalue weighted by Gasteiger charge is 2.39. The molecule has 1 aromatic rings. The van der Waals surface area contributed by atoms with Crippen molar-refractivity contribution in [3.05, 3.63) is 16.4 Å². The van der Waals surface area contributed by atoms with Gasteiger partial charge in [0.25, 0.3) is 5.91 Å². The minimum atomic E-state index is -0.111. The molecule has 0 atom stereocenters. The zero-order valence-corrected chi connectivity index (χ0v) is 16.1. The van der Waals surface area contributed by atoms with Crippen LogP contribution in [-0.2, 0) is 11.3 Å². The highest BCUT2D eigenvalue weighted by Crippen LogP contribution is 2.34. The molecule has 7 heteroatoms. The van der Waals surface area contributed by atoms with Crippen molar-refractivity contribution in [1.82, 2.24) is 20.0 Å². The van der Waals surface area contributed by atoms with Crippen LogP contribution in [0.2, 0.25) is 5.15 Å². The molecule has 2 heterocycles. The van der Waals surface area contributed by atoms with Gasteiger partial charge in [0, 0.05) is 31.7 Å². The summed E-state index contributed by atoms with van der Waals surface area (Å²) in [5.74, 6) is -0.111. The van der Waals surface area contributed by atoms with Gasteiger partial charge in [-0.15, -0.1) is 0 Å². The van der Waals surface area contributed by atoms with E-state index in [1.165, 1.54) is 19.3 Å². The van der Waals surface area contributed by atoms with Crippen LogP contribution < -0.4 is 5.32 Å². The first-order valence-corrected chi connectivity index (χ1v) is 9.79. The average Bonchev–Trinajstić information content (AvgIpc) is 2.95. The number of morpholine rings is 1. The average molecular weight is 369 g/mol. The summed E-state index contributed by atoms with van der Waals surface area (Å²) in [6, 6.07) is 0. The van der Waals surface area contributed by atoms with Crippen LogP contribution in [0.15, 0.2) is 0 Å². The number of hydrogen-bond donors (Lipinski definition) is 1. The normalized spacial score (nSPS) is 21.2. The Hall–Kier alpha value is -1.11. The molecule has 1 amide bonds. The van der Waals surface area contributed by atoms with Gasteiger partial charge < -0.3 is 10.1 Å². The van der Waals surface area contributed by atoms with Crippen LogP contribution in [-0.4, -0.2) is 59.0 Å². The van der Waals surface area contributed by atoms with E-state index in [2.05, 4.69) is 15.3 Å². The number of aromatic nitrogens is 2. The fraction of sp³-hybridized carbons (Fsp3) is 0.778. The van der Waals surface area contributed by atoms with Gasteiger partial charge in [0.1, 0.15) is 5.15 Å².